The number of anilines is 2. The number of aliphatic hydroxyl groups is 1. The molecule has 0 aliphatic carbocycles. The highest BCUT2D eigenvalue weighted by atomic mass is 16.5. The second kappa shape index (κ2) is 6.92. The van der Waals surface area contributed by atoms with Crippen LogP contribution in [0.5, 0.6) is 0 Å². The van der Waals surface area contributed by atoms with Crippen LogP contribution in [0.15, 0.2) is 18.5 Å². The summed E-state index contributed by atoms with van der Waals surface area (Å²) in [5, 5.41) is 13.8. The first kappa shape index (κ1) is 15.1. The number of aromatic nitrogens is 5. The molecule has 2 aromatic heterocycles. The van der Waals surface area contributed by atoms with E-state index in [1.807, 2.05) is 0 Å². The molecule has 2 aromatic rings. The van der Waals surface area contributed by atoms with Crippen molar-refractivity contribution in [1.29, 1.82) is 0 Å². The lowest BCUT2D eigenvalue weighted by atomic mass is 10.3. The lowest BCUT2D eigenvalue weighted by Crippen LogP contribution is -2.33. The van der Waals surface area contributed by atoms with Crippen LogP contribution in [0.1, 0.15) is 0 Å². The van der Waals surface area contributed by atoms with Crippen LogP contribution in [0.4, 0.5) is 11.9 Å². The van der Waals surface area contributed by atoms with Crippen LogP contribution in [0.2, 0.25) is 0 Å². The van der Waals surface area contributed by atoms with E-state index in [4.69, 9.17) is 10.6 Å². The molecule has 114 valence electrons. The molecular weight excluding hydrogens is 276 g/mol. The lowest BCUT2D eigenvalue weighted by molar-refractivity contribution is 0.0693. The number of ether oxygens (including phenoxy) is 1. The summed E-state index contributed by atoms with van der Waals surface area (Å²) in [5.74, 6) is 6.26. The Balaban J connectivity index is 2.24. The minimum Gasteiger partial charge on any atom is -0.389 e. The Morgan fingerprint density at radius 2 is 2.29 bits per heavy atom. The van der Waals surface area contributed by atoms with E-state index in [9.17, 15) is 5.11 Å². The van der Waals surface area contributed by atoms with E-state index in [0.717, 1.165) is 0 Å². The van der Waals surface area contributed by atoms with Gasteiger partial charge in [-0.25, -0.2) is 10.5 Å². The predicted molar refractivity (Wildman–Crippen MR) is 75.9 cm³/mol. The summed E-state index contributed by atoms with van der Waals surface area (Å²) in [6, 6.07) is 1.76. The first-order valence-electron chi connectivity index (χ1n) is 6.25. The van der Waals surface area contributed by atoms with Gasteiger partial charge < -0.3 is 14.7 Å². The van der Waals surface area contributed by atoms with E-state index in [2.05, 4.69) is 25.5 Å². The second-order valence-corrected chi connectivity index (χ2v) is 4.34. The summed E-state index contributed by atoms with van der Waals surface area (Å²) in [6.45, 7) is 0.532. The number of hydrogen-bond acceptors (Lipinski definition) is 9. The summed E-state index contributed by atoms with van der Waals surface area (Å²) in [7, 11) is 3.28. The van der Waals surface area contributed by atoms with Crippen molar-refractivity contribution in [3.05, 3.63) is 18.5 Å². The van der Waals surface area contributed by atoms with Crippen LogP contribution in [-0.2, 0) is 4.74 Å². The topological polar surface area (TPSA) is 127 Å². The Morgan fingerprint density at radius 1 is 1.48 bits per heavy atom. The third-order valence-corrected chi connectivity index (χ3v) is 2.64. The van der Waals surface area contributed by atoms with E-state index in [0.29, 0.717) is 18.4 Å². The van der Waals surface area contributed by atoms with Gasteiger partial charge in [-0.1, -0.05) is 0 Å². The average Bonchev–Trinajstić information content (AvgIpc) is 3.01. The van der Waals surface area contributed by atoms with Crippen molar-refractivity contribution in [2.45, 2.75) is 6.10 Å². The molecule has 1 atom stereocenters. The second-order valence-electron chi connectivity index (χ2n) is 4.34. The molecule has 2 rings (SSSR count). The van der Waals surface area contributed by atoms with Crippen LogP contribution in [-0.4, -0.2) is 63.3 Å². The molecule has 0 spiro atoms. The number of nitrogens with zero attached hydrogens (tertiary/aromatic N) is 6. The van der Waals surface area contributed by atoms with Crippen LogP contribution in [0.25, 0.3) is 5.95 Å². The first-order chi connectivity index (χ1) is 10.1. The van der Waals surface area contributed by atoms with Gasteiger partial charge in [-0.2, -0.15) is 20.1 Å². The summed E-state index contributed by atoms with van der Waals surface area (Å²) < 4.78 is 6.38. The van der Waals surface area contributed by atoms with Gasteiger partial charge in [0.15, 0.2) is 0 Å². The van der Waals surface area contributed by atoms with Gasteiger partial charge in [-0.05, 0) is 6.07 Å². The molecule has 0 fully saturated rings. The summed E-state index contributed by atoms with van der Waals surface area (Å²) in [4.78, 5) is 14.2. The Morgan fingerprint density at radius 3 is 2.90 bits per heavy atom. The molecule has 2 heterocycles. The Bertz CT molecular complexity index is 561. The van der Waals surface area contributed by atoms with Gasteiger partial charge in [0, 0.05) is 33.1 Å². The number of aliphatic hydroxyl groups excluding tert-OH is 1. The van der Waals surface area contributed by atoms with Crippen LogP contribution in [0.3, 0.4) is 0 Å². The van der Waals surface area contributed by atoms with Crippen molar-refractivity contribution in [3.63, 3.8) is 0 Å². The zero-order valence-corrected chi connectivity index (χ0v) is 11.8. The highest BCUT2D eigenvalue weighted by Crippen LogP contribution is 2.11. The Hall–Kier alpha value is -2.30. The molecule has 1 unspecified atom stereocenters. The number of nitrogens with one attached hydrogen (secondary N) is 1. The van der Waals surface area contributed by atoms with Gasteiger partial charge in [0.2, 0.25) is 11.9 Å². The monoisotopic (exact) mass is 294 g/mol. The zero-order chi connectivity index (χ0) is 15.2. The maximum atomic E-state index is 9.76. The van der Waals surface area contributed by atoms with E-state index < -0.39 is 6.10 Å². The van der Waals surface area contributed by atoms with Crippen LogP contribution < -0.4 is 16.2 Å². The molecule has 10 heteroatoms. The zero-order valence-electron chi connectivity index (χ0n) is 11.8. The summed E-state index contributed by atoms with van der Waals surface area (Å²) in [5.41, 5.74) is 2.39. The molecule has 10 nitrogen and oxygen atoms in total. The third-order valence-electron chi connectivity index (χ3n) is 2.64. The molecule has 0 saturated carbocycles. The molecule has 0 saturated heterocycles. The maximum Gasteiger partial charge on any atom is 0.257 e. The van der Waals surface area contributed by atoms with Crippen molar-refractivity contribution >= 4 is 11.9 Å². The molecule has 0 amide bonds. The fourth-order valence-corrected chi connectivity index (χ4v) is 1.72. The van der Waals surface area contributed by atoms with Crippen molar-refractivity contribution < 1.29 is 9.84 Å². The van der Waals surface area contributed by atoms with E-state index in [1.54, 1.807) is 30.4 Å². The highest BCUT2D eigenvalue weighted by molar-refractivity contribution is 5.38. The first-order valence-corrected chi connectivity index (χ1v) is 6.25. The standard InChI is InChI=1S/C11H18N8O2/c1-18(6-8(20)7-21-2)10-14-9(17-12)15-11(16-10)19-5-3-4-13-19/h3-5,8,20H,6-7,12H2,1-2H3,(H,14,15,16,17). The van der Waals surface area contributed by atoms with E-state index >= 15 is 0 Å². The summed E-state index contributed by atoms with van der Waals surface area (Å²) >= 11 is 0. The van der Waals surface area contributed by atoms with Crippen LogP contribution >= 0.6 is 0 Å². The average molecular weight is 294 g/mol. The number of nitrogen functional groups attached to an aromatic ring is 1. The van der Waals surface area contributed by atoms with Gasteiger partial charge in [0.1, 0.15) is 0 Å². The molecular formula is C11H18N8O2. The smallest absolute Gasteiger partial charge is 0.257 e. The summed E-state index contributed by atoms with van der Waals surface area (Å²) in [6.07, 6.45) is 2.67. The van der Waals surface area contributed by atoms with Crippen molar-refractivity contribution in [3.8, 4) is 5.95 Å². The van der Waals surface area contributed by atoms with Crippen molar-refractivity contribution in [2.75, 3.05) is 37.6 Å². The number of hydrogen-bond donors (Lipinski definition) is 3. The number of rotatable bonds is 7. The molecule has 21 heavy (non-hydrogen) atoms. The van der Waals surface area contributed by atoms with Crippen molar-refractivity contribution in [2.24, 2.45) is 5.84 Å². The quantitative estimate of drug-likeness (QED) is 0.425. The van der Waals surface area contributed by atoms with Gasteiger partial charge in [-0.15, -0.1) is 0 Å². The van der Waals surface area contributed by atoms with Crippen molar-refractivity contribution in [1.82, 2.24) is 24.7 Å². The number of hydrazine groups is 1. The molecule has 0 bridgehead atoms. The Kier molecular flexibility index (Phi) is 4.98. The molecule has 0 aromatic carbocycles. The van der Waals surface area contributed by atoms with Gasteiger partial charge in [0.05, 0.1) is 12.7 Å². The van der Waals surface area contributed by atoms with Crippen LogP contribution in [0, 0.1) is 0 Å². The molecule has 0 aliphatic rings. The minimum absolute atomic E-state index is 0.207. The number of methoxy groups -OCH3 is 1. The normalized spacial score (nSPS) is 12.2. The SMILES string of the molecule is COCC(O)CN(C)c1nc(NN)nc(-n2cccn2)n1. The predicted octanol–water partition coefficient (Wildman–Crippen LogP) is -1.21. The third kappa shape index (κ3) is 3.84. The Labute approximate surface area is 121 Å². The molecule has 4 N–H and O–H groups in total. The fourth-order valence-electron chi connectivity index (χ4n) is 1.72. The highest BCUT2D eigenvalue weighted by Gasteiger charge is 2.14. The van der Waals surface area contributed by atoms with Gasteiger partial charge in [-0.3, -0.25) is 5.43 Å². The lowest BCUT2D eigenvalue weighted by Gasteiger charge is -2.20. The van der Waals surface area contributed by atoms with Gasteiger partial charge >= 0.3 is 0 Å². The number of likely N-dealkylation sites (N-methyl/N-ethyl adjacent to an activating group) is 1. The van der Waals surface area contributed by atoms with Gasteiger partial charge in [0.25, 0.3) is 5.95 Å². The maximum absolute atomic E-state index is 9.76. The fraction of sp³-hybridized carbons (Fsp3) is 0.455. The largest absolute Gasteiger partial charge is 0.389 e. The number of nitrogens with two attached hydrogens (primary N) is 1. The molecule has 0 aliphatic heterocycles. The molecule has 0 radical (unpaired) electrons. The minimum atomic E-state index is -0.654. The van der Waals surface area contributed by atoms with E-state index in [1.165, 1.54) is 11.8 Å². The van der Waals surface area contributed by atoms with E-state index in [-0.39, 0.29) is 12.6 Å².